The number of esters is 1. The molecule has 0 radical (unpaired) electrons. The molecule has 0 aliphatic heterocycles. The van der Waals surface area contributed by atoms with Crippen LogP contribution in [0.2, 0.25) is 0 Å². The molecule has 0 aromatic heterocycles. The maximum Gasteiger partial charge on any atom is 0.344 e. The summed E-state index contributed by atoms with van der Waals surface area (Å²) in [4.78, 5) is 25.2. The van der Waals surface area contributed by atoms with Crippen LogP contribution in [-0.2, 0) is 4.79 Å². The number of nitriles is 1. The van der Waals surface area contributed by atoms with Crippen LogP contribution in [0.3, 0.4) is 0 Å². The number of nitrogens with one attached hydrogen (secondary N) is 1. The van der Waals surface area contributed by atoms with Gasteiger partial charge >= 0.3 is 5.97 Å². The topological polar surface area (TPSA) is 79.2 Å². The second kappa shape index (κ2) is 8.89. The molecule has 3 rings (SSSR count). The maximum absolute atomic E-state index is 12.7. The molecule has 0 bridgehead atoms. The molecule has 5 nitrogen and oxygen atoms in total. The molecular weight excluding hydrogens is 372 g/mol. The summed E-state index contributed by atoms with van der Waals surface area (Å²) in [6.07, 6.45) is 0. The summed E-state index contributed by atoms with van der Waals surface area (Å²) in [5.41, 5.74) is 1.58. The van der Waals surface area contributed by atoms with E-state index in [0.29, 0.717) is 27.5 Å². The molecule has 0 unspecified atom stereocenters. The van der Waals surface area contributed by atoms with Crippen LogP contribution in [0.25, 0.3) is 0 Å². The van der Waals surface area contributed by atoms with Crippen molar-refractivity contribution in [2.24, 2.45) is 0 Å². The Hall–Kier alpha value is -3.56. The van der Waals surface area contributed by atoms with Gasteiger partial charge in [-0.15, -0.1) is 0 Å². The van der Waals surface area contributed by atoms with Crippen LogP contribution in [-0.4, -0.2) is 11.9 Å². The van der Waals surface area contributed by atoms with Crippen LogP contribution in [0.1, 0.15) is 22.8 Å². The van der Waals surface area contributed by atoms with Gasteiger partial charge in [-0.2, -0.15) is 5.26 Å². The highest BCUT2D eigenvalue weighted by Crippen LogP contribution is 2.33. The molecule has 3 aromatic rings. The van der Waals surface area contributed by atoms with Gasteiger partial charge in [0.15, 0.2) is 0 Å². The first-order valence-corrected chi connectivity index (χ1v) is 9.24. The number of carbonyl (C=O) groups is 2. The van der Waals surface area contributed by atoms with Gasteiger partial charge in [-0.05, 0) is 48.5 Å². The second-order valence-corrected chi connectivity index (χ2v) is 6.89. The average molecular weight is 388 g/mol. The number of rotatable bonds is 5. The number of hydrogen-bond donors (Lipinski definition) is 1. The van der Waals surface area contributed by atoms with Gasteiger partial charge in [-0.1, -0.05) is 36.0 Å². The minimum atomic E-state index is -0.496. The van der Waals surface area contributed by atoms with Gasteiger partial charge in [0, 0.05) is 22.4 Å². The Labute approximate surface area is 167 Å². The molecule has 3 aromatic carbocycles. The Balaban J connectivity index is 1.79. The van der Waals surface area contributed by atoms with E-state index in [1.807, 2.05) is 24.3 Å². The molecule has 0 aliphatic rings. The smallest absolute Gasteiger partial charge is 0.344 e. The first-order chi connectivity index (χ1) is 13.6. The van der Waals surface area contributed by atoms with E-state index < -0.39 is 5.97 Å². The van der Waals surface area contributed by atoms with Crippen molar-refractivity contribution in [3.8, 4) is 11.8 Å². The first-order valence-electron chi connectivity index (χ1n) is 8.42. The van der Waals surface area contributed by atoms with Crippen molar-refractivity contribution in [2.45, 2.75) is 16.7 Å². The van der Waals surface area contributed by atoms with Gasteiger partial charge in [0.2, 0.25) is 5.91 Å². The Morgan fingerprint density at radius 2 is 1.57 bits per heavy atom. The van der Waals surface area contributed by atoms with Gasteiger partial charge < -0.3 is 10.1 Å². The molecule has 0 saturated heterocycles. The Bertz CT molecular complexity index is 1060. The third kappa shape index (κ3) is 4.78. The van der Waals surface area contributed by atoms with E-state index in [9.17, 15) is 14.9 Å². The zero-order valence-corrected chi connectivity index (χ0v) is 15.8. The normalized spacial score (nSPS) is 10.0. The molecule has 0 aliphatic carbocycles. The lowest BCUT2D eigenvalue weighted by Crippen LogP contribution is -2.10. The highest BCUT2D eigenvalue weighted by molar-refractivity contribution is 7.99. The molecule has 1 N–H and O–H groups in total. The van der Waals surface area contributed by atoms with Gasteiger partial charge in [-0.3, -0.25) is 4.79 Å². The van der Waals surface area contributed by atoms with Gasteiger partial charge in [0.05, 0.1) is 11.1 Å². The van der Waals surface area contributed by atoms with Crippen LogP contribution < -0.4 is 10.1 Å². The van der Waals surface area contributed by atoms with Gasteiger partial charge in [0.1, 0.15) is 11.8 Å². The lowest BCUT2D eigenvalue weighted by atomic mass is 10.2. The Morgan fingerprint density at radius 3 is 2.25 bits per heavy atom. The van der Waals surface area contributed by atoms with E-state index in [0.717, 1.165) is 4.90 Å². The fourth-order valence-electron chi connectivity index (χ4n) is 2.46. The van der Waals surface area contributed by atoms with Crippen molar-refractivity contribution < 1.29 is 14.3 Å². The van der Waals surface area contributed by atoms with E-state index in [-0.39, 0.29) is 5.91 Å². The SMILES string of the molecule is CC(=O)Nc1ccc(OC(=O)c2ccccc2Sc2ccccc2C#N)cc1. The van der Waals surface area contributed by atoms with E-state index in [2.05, 4.69) is 11.4 Å². The van der Waals surface area contributed by atoms with Crippen molar-refractivity contribution in [3.05, 3.63) is 83.9 Å². The van der Waals surface area contributed by atoms with Gasteiger partial charge in [0.25, 0.3) is 0 Å². The second-order valence-electron chi connectivity index (χ2n) is 5.80. The molecule has 6 heteroatoms. The third-order valence-corrected chi connectivity index (χ3v) is 4.87. The molecular formula is C22H16N2O3S. The monoisotopic (exact) mass is 388 g/mol. The highest BCUT2D eigenvalue weighted by Gasteiger charge is 2.15. The predicted octanol–water partition coefficient (Wildman–Crippen LogP) is 4.89. The minimum Gasteiger partial charge on any atom is -0.423 e. The summed E-state index contributed by atoms with van der Waals surface area (Å²) >= 11 is 1.34. The summed E-state index contributed by atoms with van der Waals surface area (Å²) in [7, 11) is 0. The minimum absolute atomic E-state index is 0.173. The quantitative estimate of drug-likeness (QED) is 0.497. The lowest BCUT2D eigenvalue weighted by Gasteiger charge is -2.10. The van der Waals surface area contributed by atoms with Crippen LogP contribution in [0, 0.1) is 11.3 Å². The molecule has 0 fully saturated rings. The maximum atomic E-state index is 12.7. The van der Waals surface area contributed by atoms with Crippen molar-refractivity contribution in [2.75, 3.05) is 5.32 Å². The van der Waals surface area contributed by atoms with E-state index in [4.69, 9.17) is 4.74 Å². The molecule has 0 atom stereocenters. The van der Waals surface area contributed by atoms with Crippen LogP contribution in [0.15, 0.2) is 82.6 Å². The lowest BCUT2D eigenvalue weighted by molar-refractivity contribution is -0.114. The van der Waals surface area contributed by atoms with Crippen LogP contribution in [0.4, 0.5) is 5.69 Å². The van der Waals surface area contributed by atoms with Crippen LogP contribution in [0.5, 0.6) is 5.75 Å². The number of carbonyl (C=O) groups excluding carboxylic acids is 2. The number of benzene rings is 3. The fraction of sp³-hybridized carbons (Fsp3) is 0.0455. The van der Waals surface area contributed by atoms with Crippen molar-refractivity contribution in [1.82, 2.24) is 0 Å². The average Bonchev–Trinajstić information content (AvgIpc) is 2.70. The van der Waals surface area contributed by atoms with E-state index >= 15 is 0 Å². The Morgan fingerprint density at radius 1 is 0.929 bits per heavy atom. The summed E-state index contributed by atoms with van der Waals surface area (Å²) in [5, 5.41) is 11.9. The first kappa shape index (κ1) is 19.2. The number of ether oxygens (including phenoxy) is 1. The summed E-state index contributed by atoms with van der Waals surface area (Å²) in [6.45, 7) is 1.42. The zero-order valence-electron chi connectivity index (χ0n) is 15.0. The summed E-state index contributed by atoms with van der Waals surface area (Å²) in [5.74, 6) is -0.297. The zero-order chi connectivity index (χ0) is 19.9. The molecule has 0 heterocycles. The molecule has 138 valence electrons. The summed E-state index contributed by atoms with van der Waals surface area (Å²) in [6, 6.07) is 23.0. The van der Waals surface area contributed by atoms with Crippen molar-refractivity contribution in [1.29, 1.82) is 5.26 Å². The summed E-state index contributed by atoms with van der Waals surface area (Å²) < 4.78 is 5.47. The Kier molecular flexibility index (Phi) is 6.10. The molecule has 0 saturated carbocycles. The number of nitrogens with zero attached hydrogens (tertiary/aromatic N) is 1. The number of amides is 1. The fourth-order valence-corrected chi connectivity index (χ4v) is 3.48. The van der Waals surface area contributed by atoms with Gasteiger partial charge in [-0.25, -0.2) is 4.79 Å². The van der Waals surface area contributed by atoms with Crippen molar-refractivity contribution in [3.63, 3.8) is 0 Å². The predicted molar refractivity (Wildman–Crippen MR) is 107 cm³/mol. The third-order valence-electron chi connectivity index (χ3n) is 3.72. The van der Waals surface area contributed by atoms with E-state index in [1.165, 1.54) is 18.7 Å². The molecule has 0 spiro atoms. The van der Waals surface area contributed by atoms with E-state index in [1.54, 1.807) is 48.5 Å². The molecule has 28 heavy (non-hydrogen) atoms. The molecule has 1 amide bonds. The number of hydrogen-bond acceptors (Lipinski definition) is 5. The number of anilines is 1. The largest absolute Gasteiger partial charge is 0.423 e. The highest BCUT2D eigenvalue weighted by atomic mass is 32.2. The van der Waals surface area contributed by atoms with Crippen molar-refractivity contribution >= 4 is 29.3 Å². The standard InChI is InChI=1S/C22H16N2O3S/c1-15(25)24-17-10-12-18(13-11-17)27-22(26)19-7-3-5-9-21(19)28-20-8-4-2-6-16(20)14-23/h2-13H,1H3,(H,24,25). The van der Waals surface area contributed by atoms with Crippen LogP contribution >= 0.6 is 11.8 Å².